The average molecular weight is 484 g/mol. The molecule has 0 radical (unpaired) electrons. The van der Waals surface area contributed by atoms with Gasteiger partial charge in [0.25, 0.3) is 0 Å². The number of nitrogens with zero attached hydrogens (tertiary/aromatic N) is 3. The van der Waals surface area contributed by atoms with Gasteiger partial charge in [-0.15, -0.1) is 0 Å². The van der Waals surface area contributed by atoms with Crippen LogP contribution in [0.1, 0.15) is 18.4 Å². The lowest BCUT2D eigenvalue weighted by atomic mass is 10.2. The Hall–Kier alpha value is -2.63. The highest BCUT2D eigenvalue weighted by atomic mass is 35.5. The molecule has 0 bridgehead atoms. The van der Waals surface area contributed by atoms with Crippen LogP contribution in [0.25, 0.3) is 0 Å². The number of carbonyl (C=O) groups is 2. The number of carbonyl (C=O) groups excluding carboxylic acids is 2. The van der Waals surface area contributed by atoms with Gasteiger partial charge in [-0.2, -0.15) is 4.72 Å². The Balaban J connectivity index is 1.48. The van der Waals surface area contributed by atoms with E-state index in [0.29, 0.717) is 31.2 Å². The van der Waals surface area contributed by atoms with Crippen molar-refractivity contribution in [3.8, 4) is 0 Å². The number of benzene rings is 1. The van der Waals surface area contributed by atoms with E-state index in [9.17, 15) is 18.0 Å². The van der Waals surface area contributed by atoms with Crippen LogP contribution in [0.5, 0.6) is 0 Å². The number of hydrogen-bond acceptors (Lipinski definition) is 7. The molecule has 10 nitrogen and oxygen atoms in total. The summed E-state index contributed by atoms with van der Waals surface area (Å²) in [6.45, 7) is 6.48. The second-order valence-electron chi connectivity index (χ2n) is 7.56. The predicted octanol–water partition coefficient (Wildman–Crippen LogP) is 1.08. The van der Waals surface area contributed by atoms with Crippen molar-refractivity contribution in [2.45, 2.75) is 31.7 Å². The molecule has 0 saturated carbocycles. The van der Waals surface area contributed by atoms with Gasteiger partial charge in [0.2, 0.25) is 21.8 Å². The maximum atomic E-state index is 12.5. The first-order chi connectivity index (χ1) is 15.1. The van der Waals surface area contributed by atoms with Gasteiger partial charge in [0.15, 0.2) is 5.76 Å². The Morgan fingerprint density at radius 3 is 2.50 bits per heavy atom. The van der Waals surface area contributed by atoms with Crippen LogP contribution in [0.2, 0.25) is 5.02 Å². The minimum absolute atomic E-state index is 0.0919. The molecule has 32 heavy (non-hydrogen) atoms. The van der Waals surface area contributed by atoms with E-state index in [0.717, 1.165) is 5.69 Å². The number of sulfonamides is 1. The van der Waals surface area contributed by atoms with Crippen molar-refractivity contribution in [2.24, 2.45) is 0 Å². The van der Waals surface area contributed by atoms with E-state index in [1.807, 2.05) is 24.3 Å². The van der Waals surface area contributed by atoms with Crippen LogP contribution in [0.15, 0.2) is 33.7 Å². The van der Waals surface area contributed by atoms with E-state index in [-0.39, 0.29) is 28.8 Å². The molecule has 2 aromatic rings. The third-order valence-corrected chi connectivity index (χ3v) is 7.20. The van der Waals surface area contributed by atoms with E-state index >= 15 is 0 Å². The van der Waals surface area contributed by atoms with E-state index in [1.54, 1.807) is 4.90 Å². The van der Waals surface area contributed by atoms with Gasteiger partial charge in [-0.1, -0.05) is 22.8 Å². The van der Waals surface area contributed by atoms with Crippen LogP contribution in [-0.4, -0.2) is 69.1 Å². The van der Waals surface area contributed by atoms with Gasteiger partial charge in [-0.05, 0) is 39.0 Å². The van der Waals surface area contributed by atoms with Crippen molar-refractivity contribution in [1.29, 1.82) is 0 Å². The molecule has 1 aliphatic heterocycles. The van der Waals surface area contributed by atoms with Crippen molar-refractivity contribution < 1.29 is 22.5 Å². The molecular formula is C20H26ClN5O5S. The second-order valence-corrected chi connectivity index (χ2v) is 9.65. The molecular weight excluding hydrogens is 458 g/mol. The summed E-state index contributed by atoms with van der Waals surface area (Å²) in [5, 5.41) is 6.78. The third-order valence-electron chi connectivity index (χ3n) is 5.18. The summed E-state index contributed by atoms with van der Waals surface area (Å²) in [5.74, 6) is -0.703. The molecule has 0 aliphatic carbocycles. The molecule has 0 spiro atoms. The fourth-order valence-corrected chi connectivity index (χ4v) is 5.23. The van der Waals surface area contributed by atoms with Gasteiger partial charge >= 0.3 is 0 Å². The standard InChI is InChI=1S/C20H26ClN5O5S/c1-13-19(15(3)31-23-13)32(29,30)24-14(2)20(28)22-12-18(27)26-9-7-25(8-10-26)17-6-4-5-16(21)11-17/h4-6,11,14,24H,7-10,12H2,1-3H3,(H,22,28)/t14-/m0/s1. The second kappa shape index (κ2) is 9.88. The molecule has 1 saturated heterocycles. The molecule has 2 heterocycles. The van der Waals surface area contributed by atoms with Crippen LogP contribution in [0.4, 0.5) is 5.69 Å². The molecule has 12 heteroatoms. The zero-order valence-corrected chi connectivity index (χ0v) is 19.7. The van der Waals surface area contributed by atoms with Crippen molar-refractivity contribution in [3.63, 3.8) is 0 Å². The third kappa shape index (κ3) is 5.59. The number of rotatable bonds is 7. The van der Waals surface area contributed by atoms with Gasteiger partial charge in [0, 0.05) is 36.9 Å². The monoisotopic (exact) mass is 483 g/mol. The fourth-order valence-electron chi connectivity index (χ4n) is 3.52. The quantitative estimate of drug-likeness (QED) is 0.603. The molecule has 1 aromatic heterocycles. The van der Waals surface area contributed by atoms with E-state index in [1.165, 1.54) is 20.8 Å². The molecule has 1 aromatic carbocycles. The van der Waals surface area contributed by atoms with E-state index in [2.05, 4.69) is 20.1 Å². The molecule has 174 valence electrons. The number of hydrogen-bond donors (Lipinski definition) is 2. The van der Waals surface area contributed by atoms with Crippen molar-refractivity contribution >= 4 is 39.1 Å². The Morgan fingerprint density at radius 2 is 1.91 bits per heavy atom. The minimum Gasteiger partial charge on any atom is -0.368 e. The average Bonchev–Trinajstić information content (AvgIpc) is 3.10. The Kier molecular flexibility index (Phi) is 7.42. The van der Waals surface area contributed by atoms with Crippen LogP contribution < -0.4 is 14.9 Å². The summed E-state index contributed by atoms with van der Waals surface area (Å²) in [6, 6.07) is 6.45. The molecule has 2 N–H and O–H groups in total. The normalized spacial score (nSPS) is 15.5. The molecule has 1 aliphatic rings. The highest BCUT2D eigenvalue weighted by molar-refractivity contribution is 7.89. The summed E-state index contributed by atoms with van der Waals surface area (Å²) in [4.78, 5) is 28.6. The van der Waals surface area contributed by atoms with Gasteiger partial charge in [0.05, 0.1) is 12.6 Å². The number of halogens is 1. The topological polar surface area (TPSA) is 125 Å². The number of piperazine rings is 1. The van der Waals surface area contributed by atoms with E-state index in [4.69, 9.17) is 16.1 Å². The molecule has 2 amide bonds. The van der Waals surface area contributed by atoms with Gasteiger partial charge in [-0.25, -0.2) is 8.42 Å². The summed E-state index contributed by atoms with van der Waals surface area (Å²) >= 11 is 6.04. The number of nitrogens with one attached hydrogen (secondary N) is 2. The fraction of sp³-hybridized carbons (Fsp3) is 0.450. The Labute approximate surface area is 191 Å². The van der Waals surface area contributed by atoms with Gasteiger partial charge < -0.3 is 19.6 Å². The SMILES string of the molecule is Cc1noc(C)c1S(=O)(=O)N[C@@H](C)C(=O)NCC(=O)N1CCN(c2cccc(Cl)c2)CC1. The van der Waals surface area contributed by atoms with E-state index < -0.39 is 22.0 Å². The Morgan fingerprint density at radius 1 is 1.22 bits per heavy atom. The summed E-state index contributed by atoms with van der Waals surface area (Å²) in [7, 11) is -3.99. The highest BCUT2D eigenvalue weighted by Crippen LogP contribution is 2.21. The first kappa shape index (κ1) is 24.0. The zero-order chi connectivity index (χ0) is 23.5. The van der Waals surface area contributed by atoms with Crippen LogP contribution in [0, 0.1) is 13.8 Å². The number of aryl methyl sites for hydroxylation is 2. The van der Waals surface area contributed by atoms with Crippen molar-refractivity contribution in [3.05, 3.63) is 40.7 Å². The lowest BCUT2D eigenvalue weighted by Crippen LogP contribution is -2.52. The first-order valence-corrected chi connectivity index (χ1v) is 12.0. The smallest absolute Gasteiger partial charge is 0.246 e. The lowest BCUT2D eigenvalue weighted by Gasteiger charge is -2.36. The van der Waals surface area contributed by atoms with Crippen molar-refractivity contribution in [2.75, 3.05) is 37.6 Å². The molecule has 3 rings (SSSR count). The van der Waals surface area contributed by atoms with Crippen molar-refractivity contribution in [1.82, 2.24) is 20.1 Å². The summed E-state index contributed by atoms with van der Waals surface area (Å²) < 4.78 is 32.2. The maximum absolute atomic E-state index is 12.5. The lowest BCUT2D eigenvalue weighted by molar-refractivity contribution is -0.133. The first-order valence-electron chi connectivity index (χ1n) is 10.1. The van der Waals surface area contributed by atoms with Gasteiger partial charge in [-0.3, -0.25) is 9.59 Å². The molecule has 0 unspecified atom stereocenters. The minimum atomic E-state index is -3.99. The molecule has 1 fully saturated rings. The Bertz CT molecular complexity index is 1080. The number of anilines is 1. The van der Waals surface area contributed by atoms with Crippen LogP contribution >= 0.6 is 11.6 Å². The number of aromatic nitrogens is 1. The maximum Gasteiger partial charge on any atom is 0.246 e. The molecule has 1 atom stereocenters. The predicted molar refractivity (Wildman–Crippen MR) is 119 cm³/mol. The number of amides is 2. The van der Waals surface area contributed by atoms with Gasteiger partial charge in [0.1, 0.15) is 10.6 Å². The highest BCUT2D eigenvalue weighted by Gasteiger charge is 2.29. The summed E-state index contributed by atoms with van der Waals surface area (Å²) in [6.07, 6.45) is 0. The summed E-state index contributed by atoms with van der Waals surface area (Å²) in [5.41, 5.74) is 1.20. The largest absolute Gasteiger partial charge is 0.368 e. The zero-order valence-electron chi connectivity index (χ0n) is 18.1. The van der Waals surface area contributed by atoms with Crippen LogP contribution in [-0.2, 0) is 19.6 Å². The van der Waals surface area contributed by atoms with Crippen LogP contribution in [0.3, 0.4) is 0 Å².